The van der Waals surface area contributed by atoms with E-state index in [9.17, 15) is 9.59 Å². The number of nitrogens with one attached hydrogen (secondary N) is 1. The molecule has 2 amide bonds. The van der Waals surface area contributed by atoms with E-state index in [0.29, 0.717) is 6.42 Å². The third kappa shape index (κ3) is 3.55. The van der Waals surface area contributed by atoms with Gasteiger partial charge in [-0.25, -0.2) is 0 Å². The van der Waals surface area contributed by atoms with Gasteiger partial charge in [0.15, 0.2) is 0 Å². The second-order valence-corrected chi connectivity index (χ2v) is 6.72. The molecule has 0 radical (unpaired) electrons. The first-order valence-corrected chi connectivity index (χ1v) is 8.45. The molecule has 0 spiro atoms. The highest BCUT2D eigenvalue weighted by atomic mass is 16.2. The largest absolute Gasteiger partial charge is 0.326 e. The van der Waals surface area contributed by atoms with Gasteiger partial charge in [0, 0.05) is 30.3 Å². The number of rotatable bonds is 3. The van der Waals surface area contributed by atoms with E-state index in [1.807, 2.05) is 30.0 Å². The number of nitrogens with zero attached hydrogens (tertiary/aromatic N) is 2. The van der Waals surface area contributed by atoms with E-state index in [1.165, 1.54) is 0 Å². The van der Waals surface area contributed by atoms with Crippen LogP contribution in [0.3, 0.4) is 0 Å². The first kappa shape index (κ1) is 16.0. The van der Waals surface area contributed by atoms with E-state index in [-0.39, 0.29) is 17.7 Å². The van der Waals surface area contributed by atoms with E-state index >= 15 is 0 Å². The average Bonchev–Trinajstić information content (AvgIpc) is 2.96. The van der Waals surface area contributed by atoms with Crippen LogP contribution in [0, 0.1) is 12.8 Å². The molecule has 0 bridgehead atoms. The molecule has 1 aromatic carbocycles. The average molecular weight is 315 g/mol. The second-order valence-electron chi connectivity index (χ2n) is 6.72. The second kappa shape index (κ2) is 6.71. The summed E-state index contributed by atoms with van der Waals surface area (Å²) in [5, 5.41) is 3.04. The summed E-state index contributed by atoms with van der Waals surface area (Å²) in [6.07, 6.45) is 3.34. The number of aryl methyl sites for hydroxylation is 1. The van der Waals surface area contributed by atoms with Gasteiger partial charge in [-0.2, -0.15) is 0 Å². The van der Waals surface area contributed by atoms with Crippen LogP contribution in [0.4, 0.5) is 11.4 Å². The van der Waals surface area contributed by atoms with Crippen LogP contribution >= 0.6 is 0 Å². The minimum atomic E-state index is 0.0874. The lowest BCUT2D eigenvalue weighted by Gasteiger charge is -2.28. The fraction of sp³-hybridized carbons (Fsp3) is 0.556. The van der Waals surface area contributed by atoms with Crippen molar-refractivity contribution in [3.63, 3.8) is 0 Å². The predicted molar refractivity (Wildman–Crippen MR) is 91.6 cm³/mol. The van der Waals surface area contributed by atoms with E-state index in [1.54, 1.807) is 0 Å². The molecule has 0 aromatic heterocycles. The Hall–Kier alpha value is -1.88. The normalized spacial score (nSPS) is 20.1. The first-order valence-electron chi connectivity index (χ1n) is 8.45. The molecule has 0 aliphatic carbocycles. The topological polar surface area (TPSA) is 52.7 Å². The lowest BCUT2D eigenvalue weighted by Crippen LogP contribution is -2.36. The molecule has 2 aliphatic heterocycles. The molecule has 5 nitrogen and oxygen atoms in total. The highest BCUT2D eigenvalue weighted by Crippen LogP contribution is 2.28. The number of hydrogen-bond donors (Lipinski definition) is 1. The minimum Gasteiger partial charge on any atom is -0.326 e. The van der Waals surface area contributed by atoms with Crippen LogP contribution in [0.25, 0.3) is 0 Å². The summed E-state index contributed by atoms with van der Waals surface area (Å²) < 4.78 is 0. The molecule has 2 fully saturated rings. The minimum absolute atomic E-state index is 0.0874. The lowest BCUT2D eigenvalue weighted by molar-refractivity contribution is -0.121. The fourth-order valence-electron chi connectivity index (χ4n) is 3.40. The Morgan fingerprint density at radius 3 is 2.61 bits per heavy atom. The quantitative estimate of drug-likeness (QED) is 0.932. The Morgan fingerprint density at radius 2 is 1.96 bits per heavy atom. The number of likely N-dealkylation sites (tertiary alicyclic amines) is 1. The zero-order chi connectivity index (χ0) is 16.4. The molecule has 1 aromatic rings. The molecule has 23 heavy (non-hydrogen) atoms. The van der Waals surface area contributed by atoms with E-state index in [2.05, 4.69) is 17.3 Å². The summed E-state index contributed by atoms with van der Waals surface area (Å²) in [4.78, 5) is 28.5. The zero-order valence-corrected chi connectivity index (χ0v) is 14.0. The monoisotopic (exact) mass is 315 g/mol. The Labute approximate surface area is 137 Å². The number of carbonyl (C=O) groups is 2. The summed E-state index contributed by atoms with van der Waals surface area (Å²) >= 11 is 0. The molecule has 124 valence electrons. The van der Waals surface area contributed by atoms with Gasteiger partial charge in [-0.15, -0.1) is 0 Å². The van der Waals surface area contributed by atoms with Crippen LogP contribution in [-0.4, -0.2) is 43.4 Å². The van der Waals surface area contributed by atoms with Gasteiger partial charge in [-0.05, 0) is 64.0 Å². The Morgan fingerprint density at radius 1 is 1.22 bits per heavy atom. The van der Waals surface area contributed by atoms with Crippen molar-refractivity contribution in [1.82, 2.24) is 4.90 Å². The van der Waals surface area contributed by atoms with Gasteiger partial charge in [0.1, 0.15) is 0 Å². The highest BCUT2D eigenvalue weighted by Gasteiger charge is 2.25. The Bertz CT molecular complexity index is 606. The maximum Gasteiger partial charge on any atom is 0.227 e. The van der Waals surface area contributed by atoms with E-state index in [0.717, 1.165) is 55.8 Å². The van der Waals surface area contributed by atoms with Gasteiger partial charge in [0.25, 0.3) is 0 Å². The molecule has 0 unspecified atom stereocenters. The van der Waals surface area contributed by atoms with Crippen LogP contribution < -0.4 is 10.2 Å². The predicted octanol–water partition coefficient (Wildman–Crippen LogP) is 2.40. The van der Waals surface area contributed by atoms with Crippen molar-refractivity contribution < 1.29 is 9.59 Å². The van der Waals surface area contributed by atoms with Crippen LogP contribution in [0.1, 0.15) is 31.2 Å². The molecule has 0 atom stereocenters. The third-order valence-electron chi connectivity index (χ3n) is 4.93. The Kier molecular flexibility index (Phi) is 4.66. The van der Waals surface area contributed by atoms with Crippen molar-refractivity contribution in [3.8, 4) is 0 Å². The summed E-state index contributed by atoms with van der Waals surface area (Å²) in [6.45, 7) is 4.72. The first-order chi connectivity index (χ1) is 11.0. The van der Waals surface area contributed by atoms with Crippen LogP contribution in [0.5, 0.6) is 0 Å². The summed E-state index contributed by atoms with van der Waals surface area (Å²) in [7, 11) is 2.09. The van der Waals surface area contributed by atoms with Gasteiger partial charge in [0.2, 0.25) is 11.8 Å². The van der Waals surface area contributed by atoms with Crippen molar-refractivity contribution in [3.05, 3.63) is 23.8 Å². The molecular formula is C18H25N3O2. The van der Waals surface area contributed by atoms with Gasteiger partial charge in [0.05, 0.1) is 0 Å². The summed E-state index contributed by atoms with van der Waals surface area (Å²) in [5.74, 6) is 0.358. The van der Waals surface area contributed by atoms with Gasteiger partial charge in [-0.3, -0.25) is 9.59 Å². The number of piperidine rings is 1. The van der Waals surface area contributed by atoms with Gasteiger partial charge < -0.3 is 15.1 Å². The van der Waals surface area contributed by atoms with Crippen molar-refractivity contribution >= 4 is 23.2 Å². The molecule has 1 N–H and O–H groups in total. The Balaban J connectivity index is 1.71. The van der Waals surface area contributed by atoms with E-state index in [4.69, 9.17) is 0 Å². The molecule has 2 heterocycles. The number of carbonyl (C=O) groups excluding carboxylic acids is 2. The number of amides is 2. The third-order valence-corrected chi connectivity index (χ3v) is 4.93. The number of hydrogen-bond acceptors (Lipinski definition) is 3. The molecule has 3 rings (SSSR count). The van der Waals surface area contributed by atoms with Crippen molar-refractivity contribution in [1.29, 1.82) is 0 Å². The van der Waals surface area contributed by atoms with Gasteiger partial charge >= 0.3 is 0 Å². The molecule has 2 aliphatic rings. The van der Waals surface area contributed by atoms with Crippen molar-refractivity contribution in [2.45, 2.75) is 32.6 Å². The maximum absolute atomic E-state index is 12.4. The molecule has 0 saturated carbocycles. The van der Waals surface area contributed by atoms with Crippen LogP contribution in [0.2, 0.25) is 0 Å². The van der Waals surface area contributed by atoms with E-state index < -0.39 is 0 Å². The molecular weight excluding hydrogens is 290 g/mol. The van der Waals surface area contributed by atoms with Crippen LogP contribution in [-0.2, 0) is 9.59 Å². The SMILES string of the molecule is Cc1ccc(NC(=O)C2CCN(C)CC2)cc1N1CCCC1=O. The van der Waals surface area contributed by atoms with Crippen molar-refractivity contribution in [2.24, 2.45) is 5.92 Å². The lowest BCUT2D eigenvalue weighted by atomic mass is 9.96. The smallest absolute Gasteiger partial charge is 0.227 e. The summed E-state index contributed by atoms with van der Waals surface area (Å²) in [6, 6.07) is 5.84. The number of anilines is 2. The fourth-order valence-corrected chi connectivity index (χ4v) is 3.40. The molecule has 2 saturated heterocycles. The van der Waals surface area contributed by atoms with Crippen LogP contribution in [0.15, 0.2) is 18.2 Å². The maximum atomic E-state index is 12.4. The standard InChI is InChI=1S/C18H25N3O2/c1-13-5-6-15(12-16(13)21-9-3-4-17(21)22)19-18(23)14-7-10-20(2)11-8-14/h5-6,12,14H,3-4,7-11H2,1-2H3,(H,19,23). The van der Waals surface area contributed by atoms with Crippen molar-refractivity contribution in [2.75, 3.05) is 36.9 Å². The zero-order valence-electron chi connectivity index (χ0n) is 14.0. The summed E-state index contributed by atoms with van der Waals surface area (Å²) in [5.41, 5.74) is 2.78. The molecule has 5 heteroatoms. The highest BCUT2D eigenvalue weighted by molar-refractivity contribution is 5.98. The van der Waals surface area contributed by atoms with Gasteiger partial charge in [-0.1, -0.05) is 6.07 Å². The number of benzene rings is 1.